The Hall–Kier alpha value is -3.08. The first kappa shape index (κ1) is 18.3. The summed E-state index contributed by atoms with van der Waals surface area (Å²) in [6, 6.07) is 14.3. The van der Waals surface area contributed by atoms with Crippen LogP contribution in [0.5, 0.6) is 0 Å². The third-order valence-electron chi connectivity index (χ3n) is 5.60. The van der Waals surface area contributed by atoms with Gasteiger partial charge >= 0.3 is 0 Å². The highest BCUT2D eigenvalue weighted by Crippen LogP contribution is 2.25. The maximum atomic E-state index is 13.1. The number of benzene rings is 1. The number of aryl methyl sites for hydroxylation is 3. The van der Waals surface area contributed by atoms with Crippen LogP contribution in [0.4, 0.5) is 5.82 Å². The molecule has 0 unspecified atom stereocenters. The first-order valence-corrected chi connectivity index (χ1v) is 9.75. The summed E-state index contributed by atoms with van der Waals surface area (Å²) in [5.41, 5.74) is 6.32. The van der Waals surface area contributed by atoms with Gasteiger partial charge in [-0.15, -0.1) is 0 Å². The van der Waals surface area contributed by atoms with Crippen molar-refractivity contribution in [2.45, 2.75) is 20.8 Å². The van der Waals surface area contributed by atoms with Crippen LogP contribution in [0.15, 0.2) is 48.7 Å². The Labute approximate surface area is 166 Å². The number of anilines is 1. The van der Waals surface area contributed by atoms with Crippen molar-refractivity contribution in [2.24, 2.45) is 0 Å². The first-order valence-electron chi connectivity index (χ1n) is 9.75. The van der Waals surface area contributed by atoms with E-state index >= 15 is 0 Å². The molecule has 5 nitrogen and oxygen atoms in total. The maximum absolute atomic E-state index is 13.1. The van der Waals surface area contributed by atoms with Crippen molar-refractivity contribution in [3.8, 4) is 11.3 Å². The van der Waals surface area contributed by atoms with Crippen molar-refractivity contribution in [1.29, 1.82) is 0 Å². The van der Waals surface area contributed by atoms with Crippen molar-refractivity contribution in [1.82, 2.24) is 14.9 Å². The van der Waals surface area contributed by atoms with Crippen LogP contribution in [-0.2, 0) is 0 Å². The number of hydrogen-bond donors (Lipinski definition) is 1. The number of nitrogens with one attached hydrogen (secondary N) is 1. The second-order valence-corrected chi connectivity index (χ2v) is 7.49. The lowest BCUT2D eigenvalue weighted by Crippen LogP contribution is -2.49. The lowest BCUT2D eigenvalue weighted by atomic mass is 10.0. The largest absolute Gasteiger partial charge is 0.358 e. The van der Waals surface area contributed by atoms with Gasteiger partial charge in [-0.05, 0) is 61.7 Å². The Morgan fingerprint density at radius 2 is 1.75 bits per heavy atom. The van der Waals surface area contributed by atoms with E-state index < -0.39 is 0 Å². The predicted molar refractivity (Wildman–Crippen MR) is 113 cm³/mol. The second-order valence-electron chi connectivity index (χ2n) is 7.49. The molecule has 3 aromatic rings. The molecule has 1 aliphatic rings. The molecule has 3 heterocycles. The van der Waals surface area contributed by atoms with Crippen molar-refractivity contribution < 1.29 is 4.79 Å². The number of aromatic nitrogens is 2. The number of piperazine rings is 1. The molecular formula is C23H26N4O. The van der Waals surface area contributed by atoms with E-state index in [0.29, 0.717) is 13.1 Å². The van der Waals surface area contributed by atoms with Gasteiger partial charge in [-0.25, -0.2) is 4.98 Å². The normalized spacial score (nSPS) is 14.4. The Morgan fingerprint density at radius 3 is 2.43 bits per heavy atom. The molecule has 5 heteroatoms. The number of aromatic amines is 1. The minimum atomic E-state index is 0.101. The Bertz CT molecular complexity index is 985. The minimum Gasteiger partial charge on any atom is -0.358 e. The van der Waals surface area contributed by atoms with Crippen LogP contribution in [0.2, 0.25) is 0 Å². The van der Waals surface area contributed by atoms with Crippen LogP contribution in [0.3, 0.4) is 0 Å². The van der Waals surface area contributed by atoms with Crippen LogP contribution in [0.1, 0.15) is 27.2 Å². The number of amides is 1. The van der Waals surface area contributed by atoms with Gasteiger partial charge in [0, 0.05) is 43.8 Å². The fraction of sp³-hybridized carbons (Fsp3) is 0.304. The van der Waals surface area contributed by atoms with E-state index in [-0.39, 0.29) is 5.91 Å². The number of nitrogens with zero attached hydrogens (tertiary/aromatic N) is 3. The molecule has 2 aromatic heterocycles. The zero-order valence-corrected chi connectivity index (χ0v) is 16.7. The molecule has 0 aliphatic carbocycles. The second kappa shape index (κ2) is 7.50. The quantitative estimate of drug-likeness (QED) is 0.755. The van der Waals surface area contributed by atoms with E-state index in [1.165, 1.54) is 11.1 Å². The third kappa shape index (κ3) is 3.52. The lowest BCUT2D eigenvalue weighted by molar-refractivity contribution is 0.0746. The summed E-state index contributed by atoms with van der Waals surface area (Å²) in [7, 11) is 0. The fourth-order valence-electron chi connectivity index (χ4n) is 3.69. The average Bonchev–Trinajstić information content (AvgIpc) is 3.12. The Morgan fingerprint density at radius 1 is 0.964 bits per heavy atom. The number of pyridine rings is 1. The SMILES string of the molecule is Cc1ccc(-c2cc(C(=O)N3CCN(c4ccccn4)CC3)c(C)[nH]2)cc1C. The summed E-state index contributed by atoms with van der Waals surface area (Å²) in [6.07, 6.45) is 1.81. The highest BCUT2D eigenvalue weighted by molar-refractivity contribution is 5.97. The zero-order chi connectivity index (χ0) is 19.7. The van der Waals surface area contributed by atoms with Gasteiger partial charge in [-0.2, -0.15) is 0 Å². The van der Waals surface area contributed by atoms with Gasteiger partial charge in [0.25, 0.3) is 5.91 Å². The van der Waals surface area contributed by atoms with Gasteiger partial charge in [0.1, 0.15) is 5.82 Å². The lowest BCUT2D eigenvalue weighted by Gasteiger charge is -2.35. The van der Waals surface area contributed by atoms with Gasteiger partial charge < -0.3 is 14.8 Å². The number of H-pyrrole nitrogens is 1. The third-order valence-corrected chi connectivity index (χ3v) is 5.60. The molecule has 1 aromatic carbocycles. The molecule has 0 bridgehead atoms. The summed E-state index contributed by atoms with van der Waals surface area (Å²) in [5, 5.41) is 0. The standard InChI is InChI=1S/C23H26N4O/c1-16-7-8-19(14-17(16)2)21-15-20(18(3)25-21)23(28)27-12-10-26(11-13-27)22-6-4-5-9-24-22/h4-9,14-15,25H,10-13H2,1-3H3. The molecule has 0 atom stereocenters. The monoisotopic (exact) mass is 374 g/mol. The molecule has 0 spiro atoms. The molecule has 1 saturated heterocycles. The van der Waals surface area contributed by atoms with Crippen molar-refractivity contribution in [3.63, 3.8) is 0 Å². The summed E-state index contributed by atoms with van der Waals surface area (Å²) in [4.78, 5) is 25.1. The van der Waals surface area contributed by atoms with Crippen LogP contribution in [-0.4, -0.2) is 47.0 Å². The molecule has 144 valence electrons. The van der Waals surface area contributed by atoms with E-state index in [9.17, 15) is 4.79 Å². The van der Waals surface area contributed by atoms with Crippen molar-refractivity contribution >= 4 is 11.7 Å². The summed E-state index contributed by atoms with van der Waals surface area (Å²) in [6.45, 7) is 9.22. The van der Waals surface area contributed by atoms with Gasteiger partial charge in [0.15, 0.2) is 0 Å². The highest BCUT2D eigenvalue weighted by Gasteiger charge is 2.25. The van der Waals surface area contributed by atoms with Crippen LogP contribution in [0.25, 0.3) is 11.3 Å². The van der Waals surface area contributed by atoms with E-state index in [4.69, 9.17) is 0 Å². The van der Waals surface area contributed by atoms with Crippen LogP contribution < -0.4 is 4.90 Å². The van der Waals surface area contributed by atoms with E-state index in [1.54, 1.807) is 0 Å². The maximum Gasteiger partial charge on any atom is 0.255 e. The summed E-state index contributed by atoms with van der Waals surface area (Å²) < 4.78 is 0. The minimum absolute atomic E-state index is 0.101. The zero-order valence-electron chi connectivity index (χ0n) is 16.7. The predicted octanol–water partition coefficient (Wildman–Crippen LogP) is 3.96. The number of hydrogen-bond acceptors (Lipinski definition) is 3. The molecule has 1 N–H and O–H groups in total. The first-order chi connectivity index (χ1) is 13.5. The molecule has 1 fully saturated rings. The number of carbonyl (C=O) groups excluding carboxylic acids is 1. The van der Waals surface area contributed by atoms with E-state index in [2.05, 4.69) is 46.9 Å². The smallest absolute Gasteiger partial charge is 0.255 e. The van der Waals surface area contributed by atoms with Gasteiger partial charge in [0.05, 0.1) is 5.56 Å². The number of carbonyl (C=O) groups is 1. The number of rotatable bonds is 3. The fourth-order valence-corrected chi connectivity index (χ4v) is 3.69. The summed E-state index contributed by atoms with van der Waals surface area (Å²) >= 11 is 0. The van der Waals surface area contributed by atoms with Gasteiger partial charge in [0.2, 0.25) is 0 Å². The van der Waals surface area contributed by atoms with E-state index in [0.717, 1.165) is 41.4 Å². The van der Waals surface area contributed by atoms with Gasteiger partial charge in [-0.3, -0.25) is 4.79 Å². The molecule has 1 amide bonds. The molecule has 0 saturated carbocycles. The Balaban J connectivity index is 1.48. The highest BCUT2D eigenvalue weighted by atomic mass is 16.2. The summed E-state index contributed by atoms with van der Waals surface area (Å²) in [5.74, 6) is 1.08. The van der Waals surface area contributed by atoms with Crippen molar-refractivity contribution in [2.75, 3.05) is 31.1 Å². The average molecular weight is 374 g/mol. The van der Waals surface area contributed by atoms with Crippen LogP contribution in [0, 0.1) is 20.8 Å². The Kier molecular flexibility index (Phi) is 4.90. The topological polar surface area (TPSA) is 52.2 Å². The van der Waals surface area contributed by atoms with Gasteiger partial charge in [-0.1, -0.05) is 18.2 Å². The molecular weight excluding hydrogens is 348 g/mol. The molecule has 28 heavy (non-hydrogen) atoms. The molecule has 0 radical (unpaired) electrons. The van der Waals surface area contributed by atoms with Crippen molar-refractivity contribution in [3.05, 3.63) is 71.0 Å². The van der Waals surface area contributed by atoms with E-state index in [1.807, 2.05) is 42.3 Å². The molecule has 4 rings (SSSR count). The molecule has 1 aliphatic heterocycles. The van der Waals surface area contributed by atoms with Crippen LogP contribution >= 0.6 is 0 Å².